The van der Waals surface area contributed by atoms with E-state index in [4.69, 9.17) is 9.47 Å². The van der Waals surface area contributed by atoms with Crippen LogP contribution in [0.5, 0.6) is 11.6 Å². The normalized spacial score (nSPS) is 11.9. The van der Waals surface area contributed by atoms with E-state index in [-0.39, 0.29) is 5.82 Å². The molecule has 0 bridgehead atoms. The summed E-state index contributed by atoms with van der Waals surface area (Å²) in [7, 11) is 0. The molecule has 1 aromatic carbocycles. The number of aliphatic carboxylic acids is 1. The summed E-state index contributed by atoms with van der Waals surface area (Å²) in [5.74, 6) is 0.364. The highest BCUT2D eigenvalue weighted by Gasteiger charge is 2.31. The van der Waals surface area contributed by atoms with Gasteiger partial charge < -0.3 is 14.6 Å². The topological polar surface area (TPSA) is 86.5 Å². The van der Waals surface area contributed by atoms with Crippen LogP contribution in [0.1, 0.15) is 43.9 Å². The van der Waals surface area contributed by atoms with Crippen LogP contribution in [0.15, 0.2) is 48.8 Å². The number of benzene rings is 1. The Balaban J connectivity index is 1.61. The molecule has 2 heterocycles. The van der Waals surface area contributed by atoms with Crippen molar-refractivity contribution in [3.8, 4) is 17.4 Å². The lowest BCUT2D eigenvalue weighted by Crippen LogP contribution is -2.28. The second-order valence-electron chi connectivity index (χ2n) is 8.15. The molecule has 2 aromatic heterocycles. The van der Waals surface area contributed by atoms with Crippen LogP contribution >= 0.6 is 0 Å². The van der Waals surface area contributed by atoms with Gasteiger partial charge in [-0.05, 0) is 63.4 Å². The van der Waals surface area contributed by atoms with Gasteiger partial charge in [0.05, 0.1) is 24.2 Å². The van der Waals surface area contributed by atoms with Crippen LogP contribution in [0.3, 0.4) is 0 Å². The molecule has 0 atom stereocenters. The number of ether oxygens (including phenoxy) is 2. The van der Waals surface area contributed by atoms with Crippen LogP contribution in [-0.2, 0) is 22.8 Å². The Labute approximate surface area is 195 Å². The van der Waals surface area contributed by atoms with E-state index in [9.17, 15) is 23.1 Å². The molecule has 0 aliphatic carbocycles. The zero-order chi connectivity index (χ0) is 24.9. The third-order valence-electron chi connectivity index (χ3n) is 5.31. The highest BCUT2D eigenvalue weighted by molar-refractivity contribution is 5.80. The molecule has 34 heavy (non-hydrogen) atoms. The van der Waals surface area contributed by atoms with Crippen molar-refractivity contribution in [3.63, 3.8) is 0 Å². The quantitative estimate of drug-likeness (QED) is 0.411. The zero-order valence-corrected chi connectivity index (χ0v) is 19.1. The summed E-state index contributed by atoms with van der Waals surface area (Å²) in [6, 6.07) is 9.16. The Morgan fingerprint density at radius 1 is 1.06 bits per heavy atom. The molecule has 0 radical (unpaired) electrons. The second kappa shape index (κ2) is 10.1. The van der Waals surface area contributed by atoms with E-state index in [1.165, 1.54) is 10.7 Å². The fourth-order valence-corrected chi connectivity index (χ4v) is 3.17. The van der Waals surface area contributed by atoms with Crippen molar-refractivity contribution in [1.29, 1.82) is 0 Å². The molecule has 0 unspecified atom stereocenters. The van der Waals surface area contributed by atoms with Crippen molar-refractivity contribution in [3.05, 3.63) is 65.5 Å². The maximum Gasteiger partial charge on any atom is 0.417 e. The number of aryl methyl sites for hydroxylation is 1. The number of carbonyl (C=O) groups is 1. The standard InChI is InChI=1S/C24H26F3N3O4/c1-4-33-21-16(15-30(29-21)20-12-9-18(14-28-20)24(25,26)27)6-5-13-34-19-10-7-17(8-11-19)23(2,3)22(31)32/h7-12,14-15H,4-6,13H2,1-3H3,(H,31,32). The van der Waals surface area contributed by atoms with Gasteiger partial charge >= 0.3 is 12.1 Å². The van der Waals surface area contributed by atoms with Crippen LogP contribution in [0.2, 0.25) is 0 Å². The number of nitrogens with zero attached hydrogens (tertiary/aromatic N) is 3. The molecule has 0 saturated carbocycles. The van der Waals surface area contributed by atoms with Crippen molar-refractivity contribution in [2.24, 2.45) is 0 Å². The fraction of sp³-hybridized carbons (Fsp3) is 0.375. The monoisotopic (exact) mass is 477 g/mol. The molecule has 10 heteroatoms. The van der Waals surface area contributed by atoms with Crippen LogP contribution in [0, 0.1) is 0 Å². The van der Waals surface area contributed by atoms with Crippen LogP contribution in [0.25, 0.3) is 5.82 Å². The number of hydrogen-bond acceptors (Lipinski definition) is 5. The molecule has 0 aliphatic heterocycles. The van der Waals surface area contributed by atoms with Gasteiger partial charge in [0.1, 0.15) is 5.75 Å². The summed E-state index contributed by atoms with van der Waals surface area (Å²) in [5, 5.41) is 13.6. The van der Waals surface area contributed by atoms with Crippen LogP contribution in [0.4, 0.5) is 13.2 Å². The number of aromatic nitrogens is 3. The van der Waals surface area contributed by atoms with Gasteiger partial charge in [-0.1, -0.05) is 12.1 Å². The predicted octanol–water partition coefficient (Wildman–Crippen LogP) is 5.06. The summed E-state index contributed by atoms with van der Waals surface area (Å²) in [5.41, 5.74) is -0.356. The Hall–Kier alpha value is -3.56. The molecule has 0 fully saturated rings. The lowest BCUT2D eigenvalue weighted by molar-refractivity contribution is -0.142. The highest BCUT2D eigenvalue weighted by atomic mass is 19.4. The van der Waals surface area contributed by atoms with Crippen LogP contribution in [-0.4, -0.2) is 39.1 Å². The maximum absolute atomic E-state index is 12.8. The SMILES string of the molecule is CCOc1nn(-c2ccc(C(F)(F)F)cn2)cc1CCCOc1ccc(C(C)(C)C(=O)O)cc1. The smallest absolute Gasteiger partial charge is 0.417 e. The van der Waals surface area contributed by atoms with Gasteiger partial charge in [0.25, 0.3) is 0 Å². The number of halogens is 3. The first kappa shape index (κ1) is 25.1. The molecule has 0 spiro atoms. The first-order chi connectivity index (χ1) is 16.0. The first-order valence-electron chi connectivity index (χ1n) is 10.7. The largest absolute Gasteiger partial charge is 0.494 e. The summed E-state index contributed by atoms with van der Waals surface area (Å²) < 4.78 is 51.0. The van der Waals surface area contributed by atoms with Crippen molar-refractivity contribution in [1.82, 2.24) is 14.8 Å². The Kier molecular flexibility index (Phi) is 7.48. The number of carboxylic acids is 1. The first-order valence-corrected chi connectivity index (χ1v) is 10.7. The van der Waals surface area contributed by atoms with Gasteiger partial charge in [-0.15, -0.1) is 5.10 Å². The maximum atomic E-state index is 12.8. The van der Waals surface area contributed by atoms with E-state index in [1.54, 1.807) is 44.3 Å². The van der Waals surface area contributed by atoms with Gasteiger partial charge in [-0.3, -0.25) is 4.79 Å². The average Bonchev–Trinajstić information content (AvgIpc) is 3.19. The van der Waals surface area contributed by atoms with Crippen molar-refractivity contribution < 1.29 is 32.5 Å². The molecule has 7 nitrogen and oxygen atoms in total. The van der Waals surface area contributed by atoms with E-state index in [1.807, 2.05) is 6.92 Å². The van der Waals surface area contributed by atoms with E-state index >= 15 is 0 Å². The summed E-state index contributed by atoms with van der Waals surface area (Å²) >= 11 is 0. The molecule has 0 amide bonds. The number of carboxylic acid groups (broad SMARTS) is 1. The van der Waals surface area contributed by atoms with Gasteiger partial charge in [-0.25, -0.2) is 9.67 Å². The second-order valence-corrected chi connectivity index (χ2v) is 8.15. The molecular weight excluding hydrogens is 451 g/mol. The third-order valence-corrected chi connectivity index (χ3v) is 5.31. The summed E-state index contributed by atoms with van der Waals surface area (Å²) in [6.45, 7) is 5.89. The minimum atomic E-state index is -4.45. The van der Waals surface area contributed by atoms with Gasteiger partial charge in [0, 0.05) is 18.0 Å². The molecule has 182 valence electrons. The van der Waals surface area contributed by atoms with Crippen molar-refractivity contribution in [2.45, 2.75) is 45.2 Å². The van der Waals surface area contributed by atoms with E-state index in [2.05, 4.69) is 10.1 Å². The van der Waals surface area contributed by atoms with Gasteiger partial charge in [0.15, 0.2) is 5.82 Å². The Morgan fingerprint density at radius 3 is 2.29 bits per heavy atom. The minimum Gasteiger partial charge on any atom is -0.494 e. The van der Waals surface area contributed by atoms with Gasteiger partial charge in [0.2, 0.25) is 5.88 Å². The highest BCUT2D eigenvalue weighted by Crippen LogP contribution is 2.29. The van der Waals surface area contributed by atoms with E-state index in [0.717, 1.165) is 17.8 Å². The summed E-state index contributed by atoms with van der Waals surface area (Å²) in [6.07, 6.45) is -0.796. The summed E-state index contributed by atoms with van der Waals surface area (Å²) in [4.78, 5) is 15.2. The molecule has 3 rings (SSSR count). The lowest BCUT2D eigenvalue weighted by Gasteiger charge is -2.19. The van der Waals surface area contributed by atoms with Crippen molar-refractivity contribution >= 4 is 5.97 Å². The number of alkyl halides is 3. The average molecular weight is 477 g/mol. The minimum absolute atomic E-state index is 0.251. The van der Waals surface area contributed by atoms with E-state index in [0.29, 0.717) is 43.2 Å². The third kappa shape index (κ3) is 5.86. The van der Waals surface area contributed by atoms with Crippen LogP contribution < -0.4 is 9.47 Å². The zero-order valence-electron chi connectivity index (χ0n) is 19.1. The number of hydrogen-bond donors (Lipinski definition) is 1. The predicted molar refractivity (Wildman–Crippen MR) is 118 cm³/mol. The van der Waals surface area contributed by atoms with Crippen molar-refractivity contribution in [2.75, 3.05) is 13.2 Å². The Bertz CT molecular complexity index is 1110. The molecule has 0 aliphatic rings. The number of rotatable bonds is 10. The molecular formula is C24H26F3N3O4. The molecule has 0 saturated heterocycles. The lowest BCUT2D eigenvalue weighted by atomic mass is 9.85. The fourth-order valence-electron chi connectivity index (χ4n) is 3.17. The Morgan fingerprint density at radius 2 is 1.74 bits per heavy atom. The molecule has 1 N–H and O–H groups in total. The van der Waals surface area contributed by atoms with Gasteiger partial charge in [-0.2, -0.15) is 13.2 Å². The number of pyridine rings is 1. The molecule has 3 aromatic rings. The van der Waals surface area contributed by atoms with E-state index < -0.39 is 23.1 Å².